The number of amides is 5. The average Bonchev–Trinajstić information content (AvgIpc) is 3.99. The summed E-state index contributed by atoms with van der Waals surface area (Å²) < 4.78 is 10.7. The number of ether oxygens (including phenoxy) is 2. The minimum atomic E-state index is -0.957. The summed E-state index contributed by atoms with van der Waals surface area (Å²) >= 11 is 0. The maximum atomic E-state index is 14.2. The zero-order valence-corrected chi connectivity index (χ0v) is 45.8. The number of aromatic amines is 2. The number of nitrogens with one attached hydrogen (secondary N) is 6. The van der Waals surface area contributed by atoms with Gasteiger partial charge in [0.05, 0.1) is 11.4 Å². The molecule has 2 aliphatic rings. The molecular weight excluding hydrogens is 911 g/mol. The highest BCUT2D eigenvalue weighted by atomic mass is 16.6. The van der Waals surface area contributed by atoms with Gasteiger partial charge in [0.25, 0.3) is 0 Å². The molecule has 72 heavy (non-hydrogen) atoms. The number of nitrogens with zero attached hydrogens (tertiary/aromatic N) is 3. The predicted molar refractivity (Wildman–Crippen MR) is 286 cm³/mol. The molecule has 3 aromatic heterocycles. The molecule has 8 bridgehead atoms. The van der Waals surface area contributed by atoms with Gasteiger partial charge in [-0.25, -0.2) is 14.6 Å². The van der Waals surface area contributed by atoms with Crippen molar-refractivity contribution in [2.75, 3.05) is 27.2 Å². The van der Waals surface area contributed by atoms with E-state index in [1.165, 1.54) is 27.2 Å². The van der Waals surface area contributed by atoms with E-state index in [4.69, 9.17) is 19.4 Å². The van der Waals surface area contributed by atoms with Gasteiger partial charge >= 0.3 is 12.2 Å². The lowest BCUT2D eigenvalue weighted by Crippen LogP contribution is -2.53. The summed E-state index contributed by atoms with van der Waals surface area (Å²) in [5.41, 5.74) is 13.3. The monoisotopic (exact) mass is 994 g/mol. The Balaban J connectivity index is 1.41. The highest BCUT2D eigenvalue weighted by Gasteiger charge is 2.33. The zero-order chi connectivity index (χ0) is 53.2. The number of H-pyrrole nitrogens is 2. The predicted octanol–water partition coefficient (Wildman–Crippen LogP) is 10.3. The molecular formula is C56H83N9O7. The molecule has 0 saturated heterocycles. The number of hydrogen-bond acceptors (Lipinski definition) is 9. The Kier molecular flexibility index (Phi) is 19.3. The van der Waals surface area contributed by atoms with Crippen molar-refractivity contribution in [2.24, 2.45) is 0 Å². The van der Waals surface area contributed by atoms with Crippen molar-refractivity contribution in [2.45, 2.75) is 189 Å². The molecule has 2 aliphatic heterocycles. The molecule has 16 nitrogen and oxygen atoms in total. The first-order chi connectivity index (χ1) is 33.8. The van der Waals surface area contributed by atoms with Crippen LogP contribution in [-0.4, -0.2) is 105 Å². The van der Waals surface area contributed by atoms with E-state index in [1.54, 1.807) is 55.6 Å². The summed E-state index contributed by atoms with van der Waals surface area (Å²) in [6, 6.07) is 6.82. The van der Waals surface area contributed by atoms with Crippen LogP contribution in [-0.2, 0) is 30.3 Å². The summed E-state index contributed by atoms with van der Waals surface area (Å²) in [4.78, 5) is 85.8. The fourth-order valence-electron chi connectivity index (χ4n) is 9.52. The van der Waals surface area contributed by atoms with Crippen LogP contribution in [0.3, 0.4) is 0 Å². The van der Waals surface area contributed by atoms with E-state index in [2.05, 4.69) is 104 Å². The normalized spacial score (nSPS) is 15.7. The Morgan fingerprint density at radius 3 is 1.83 bits per heavy atom. The molecule has 0 spiro atoms. The van der Waals surface area contributed by atoms with E-state index in [-0.39, 0.29) is 36.5 Å². The van der Waals surface area contributed by atoms with Crippen LogP contribution in [0, 0.1) is 20.8 Å². The molecule has 4 atom stereocenters. The van der Waals surface area contributed by atoms with E-state index in [0.717, 1.165) is 68.8 Å². The number of likely N-dealkylation sites (N-methyl/N-ethyl adjacent to an activating group) is 1. The number of fused-ring (bicyclic) bond motifs is 8. The molecule has 0 aliphatic carbocycles. The maximum absolute atomic E-state index is 14.2. The molecule has 0 unspecified atom stereocenters. The van der Waals surface area contributed by atoms with Gasteiger partial charge in [0.2, 0.25) is 17.7 Å². The number of unbranched alkanes of at least 4 members (excludes halogenated alkanes) is 2. The standard InChI is InChI=1S/C56H83N9O7/c1-16-37-34(5)45-31-48-38(17-2)33(4)44(60-48)30-46-35(6)39(50(63-46)36(7)43-28-32(3)42(59-43)29-47(37)61-45)24-25-49(66)62-40(22-18-20-26-57-53(69)71-55(8,9)10)51(67)64-41(52(68)65(14)15)23-19-21-27-58-54(70)72-56(11,12)13/h28-31,35,39-41,59-60H,16-27H2,1-15H3,(H,57,69)(H,58,70)(H,62,66)(H,64,67)/t35-,39-,40-,41-/m0/s1. The zero-order valence-electron chi connectivity index (χ0n) is 45.8. The largest absolute Gasteiger partial charge is 0.444 e. The Morgan fingerprint density at radius 2 is 1.26 bits per heavy atom. The fourth-order valence-corrected chi connectivity index (χ4v) is 9.52. The van der Waals surface area contributed by atoms with Crippen molar-refractivity contribution in [3.8, 4) is 0 Å². The number of alkyl carbamates (subject to hydrolysis) is 2. The third kappa shape index (κ3) is 15.2. The Morgan fingerprint density at radius 1 is 0.694 bits per heavy atom. The second kappa shape index (κ2) is 24.5. The van der Waals surface area contributed by atoms with Crippen molar-refractivity contribution in [1.82, 2.24) is 46.1 Å². The maximum Gasteiger partial charge on any atom is 0.407 e. The fraction of sp³-hybridized carbons (Fsp3) is 0.589. The van der Waals surface area contributed by atoms with Crippen molar-refractivity contribution in [3.63, 3.8) is 0 Å². The first kappa shape index (κ1) is 56.7. The number of carbonyl (C=O) groups is 5. The first-order valence-corrected chi connectivity index (χ1v) is 26.0. The molecule has 5 heterocycles. The topological polar surface area (TPSA) is 213 Å². The number of hydrogen-bond donors (Lipinski definition) is 6. The summed E-state index contributed by atoms with van der Waals surface area (Å²) in [5.74, 6) is -1.21. The van der Waals surface area contributed by atoms with Crippen LogP contribution >= 0.6 is 0 Å². The van der Waals surface area contributed by atoms with Crippen LogP contribution < -0.4 is 21.3 Å². The molecule has 5 rings (SSSR count). The Labute approximate surface area is 427 Å². The van der Waals surface area contributed by atoms with Crippen LogP contribution in [0.2, 0.25) is 0 Å². The summed E-state index contributed by atoms with van der Waals surface area (Å²) in [7, 11) is 3.26. The molecule has 3 aromatic rings. The highest BCUT2D eigenvalue weighted by Crippen LogP contribution is 2.42. The lowest BCUT2D eigenvalue weighted by atomic mass is 9.86. The molecule has 5 amide bonds. The van der Waals surface area contributed by atoms with Crippen LogP contribution in [0.4, 0.5) is 9.59 Å². The SMILES string of the molecule is CCC1=C(C)c2cc3[nH]c(cc4nc(c(C)c5cc(C)c(cc1n2)[nH]5)[C@@H](CCC(=O)N[C@@H](CCCCNC(=O)OC(C)(C)C)C(=O)N[C@@H](CCCCNC(=O)OC(C)(C)C)C(=O)N(C)C)[C@@H]4C)c(C)c3CC. The van der Waals surface area contributed by atoms with Gasteiger partial charge in [-0.2, -0.15) is 0 Å². The number of aromatic nitrogens is 4. The second-order valence-corrected chi connectivity index (χ2v) is 21.7. The van der Waals surface area contributed by atoms with Crippen LogP contribution in [0.5, 0.6) is 0 Å². The third-order valence-electron chi connectivity index (χ3n) is 13.5. The quantitative estimate of drug-likeness (QED) is 0.0630. The van der Waals surface area contributed by atoms with Gasteiger partial charge in [0, 0.05) is 78.9 Å². The minimum absolute atomic E-state index is 0.0392. The average molecular weight is 994 g/mol. The van der Waals surface area contributed by atoms with E-state index >= 15 is 0 Å². The number of aryl methyl sites for hydroxylation is 4. The Hall–Kier alpha value is -6.19. The molecule has 6 N–H and O–H groups in total. The lowest BCUT2D eigenvalue weighted by Gasteiger charge is -2.25. The smallest absolute Gasteiger partial charge is 0.407 e. The van der Waals surface area contributed by atoms with Gasteiger partial charge in [0.15, 0.2) is 0 Å². The van der Waals surface area contributed by atoms with E-state index in [1.807, 2.05) is 0 Å². The highest BCUT2D eigenvalue weighted by molar-refractivity contribution is 5.93. The van der Waals surface area contributed by atoms with Crippen LogP contribution in [0.15, 0.2) is 24.3 Å². The van der Waals surface area contributed by atoms with Crippen molar-refractivity contribution in [3.05, 3.63) is 69.3 Å². The van der Waals surface area contributed by atoms with Crippen molar-refractivity contribution < 1.29 is 33.4 Å². The van der Waals surface area contributed by atoms with Crippen LogP contribution in [0.25, 0.3) is 33.2 Å². The van der Waals surface area contributed by atoms with Gasteiger partial charge in [-0.15, -0.1) is 0 Å². The molecule has 394 valence electrons. The van der Waals surface area contributed by atoms with E-state index in [9.17, 15) is 24.0 Å². The van der Waals surface area contributed by atoms with Crippen molar-refractivity contribution >= 4 is 63.1 Å². The number of allylic oxidation sites excluding steroid dienone is 2. The van der Waals surface area contributed by atoms with Gasteiger partial charge in [-0.3, -0.25) is 19.4 Å². The second-order valence-electron chi connectivity index (χ2n) is 21.7. The third-order valence-corrected chi connectivity index (χ3v) is 13.5. The molecule has 0 aromatic carbocycles. The Bertz CT molecular complexity index is 2670. The lowest BCUT2D eigenvalue weighted by molar-refractivity contribution is -0.136. The number of carbonyl (C=O) groups excluding carboxylic acids is 5. The van der Waals surface area contributed by atoms with Gasteiger partial charge in [0.1, 0.15) is 23.3 Å². The van der Waals surface area contributed by atoms with Gasteiger partial charge < -0.3 is 45.6 Å². The minimum Gasteiger partial charge on any atom is -0.444 e. The molecule has 0 radical (unpaired) electrons. The first-order valence-electron chi connectivity index (χ1n) is 26.0. The summed E-state index contributed by atoms with van der Waals surface area (Å²) in [5, 5.41) is 11.5. The van der Waals surface area contributed by atoms with Crippen LogP contribution in [0.1, 0.15) is 184 Å². The van der Waals surface area contributed by atoms with Gasteiger partial charge in [-0.1, -0.05) is 20.8 Å². The molecule has 16 heteroatoms. The summed E-state index contributed by atoms with van der Waals surface area (Å²) in [6.45, 7) is 26.4. The number of rotatable bonds is 19. The van der Waals surface area contributed by atoms with E-state index in [0.29, 0.717) is 51.6 Å². The van der Waals surface area contributed by atoms with Gasteiger partial charge in [-0.05, 0) is 185 Å². The van der Waals surface area contributed by atoms with E-state index < -0.39 is 41.4 Å². The molecule has 0 saturated carbocycles. The molecule has 0 fully saturated rings. The van der Waals surface area contributed by atoms with Crippen molar-refractivity contribution in [1.29, 1.82) is 0 Å². The summed E-state index contributed by atoms with van der Waals surface area (Å²) in [6.07, 6.45) is 3.92.